The first-order chi connectivity index (χ1) is 8.27. The molecule has 1 amide bonds. The lowest BCUT2D eigenvalue weighted by Crippen LogP contribution is -2.47. The lowest BCUT2D eigenvalue weighted by Gasteiger charge is -2.21. The van der Waals surface area contributed by atoms with Crippen molar-refractivity contribution in [2.75, 3.05) is 5.32 Å². The summed E-state index contributed by atoms with van der Waals surface area (Å²) >= 11 is 0. The van der Waals surface area contributed by atoms with Crippen LogP contribution in [0.3, 0.4) is 0 Å². The van der Waals surface area contributed by atoms with Crippen molar-refractivity contribution in [3.8, 4) is 0 Å². The van der Waals surface area contributed by atoms with Gasteiger partial charge in [0.1, 0.15) is 5.82 Å². The van der Waals surface area contributed by atoms with Crippen molar-refractivity contribution in [3.05, 3.63) is 29.6 Å². The van der Waals surface area contributed by atoms with Crippen molar-refractivity contribution < 1.29 is 19.1 Å². The fourth-order valence-corrected chi connectivity index (χ4v) is 1.18. The molecule has 0 saturated heterocycles. The van der Waals surface area contributed by atoms with E-state index in [1.165, 1.54) is 19.1 Å². The molecule has 98 valence electrons. The minimum Gasteiger partial charge on any atom is -0.478 e. The zero-order chi connectivity index (χ0) is 13.9. The van der Waals surface area contributed by atoms with Crippen LogP contribution < -0.4 is 11.1 Å². The number of carbonyl (C=O) groups is 2. The van der Waals surface area contributed by atoms with Crippen molar-refractivity contribution in [1.29, 1.82) is 0 Å². The highest BCUT2D eigenvalue weighted by atomic mass is 19.1. The summed E-state index contributed by atoms with van der Waals surface area (Å²) in [6, 6.07) is 3.25. The predicted molar refractivity (Wildman–Crippen MR) is 64.9 cm³/mol. The number of carboxylic acid groups (broad SMARTS) is 1. The topological polar surface area (TPSA) is 92.4 Å². The van der Waals surface area contributed by atoms with E-state index in [0.717, 1.165) is 6.07 Å². The van der Waals surface area contributed by atoms with Gasteiger partial charge in [-0.05, 0) is 31.5 Å². The van der Waals surface area contributed by atoms with Crippen molar-refractivity contribution in [1.82, 2.24) is 0 Å². The Balaban J connectivity index is 2.93. The lowest BCUT2D eigenvalue weighted by molar-refractivity contribution is -0.120. The van der Waals surface area contributed by atoms with Crippen LogP contribution >= 0.6 is 0 Å². The number of rotatable bonds is 4. The number of halogens is 1. The Morgan fingerprint density at radius 2 is 2.11 bits per heavy atom. The third-order valence-electron chi connectivity index (χ3n) is 2.72. The zero-order valence-corrected chi connectivity index (χ0v) is 10.2. The molecule has 0 bridgehead atoms. The zero-order valence-electron chi connectivity index (χ0n) is 10.2. The average molecular weight is 254 g/mol. The summed E-state index contributed by atoms with van der Waals surface area (Å²) < 4.78 is 13.5. The molecule has 1 rings (SSSR count). The van der Waals surface area contributed by atoms with Crippen LogP contribution in [0.2, 0.25) is 0 Å². The summed E-state index contributed by atoms with van der Waals surface area (Å²) in [5, 5.41) is 11.0. The molecule has 0 saturated carbocycles. The summed E-state index contributed by atoms with van der Waals surface area (Å²) in [5.74, 6) is -2.56. The summed E-state index contributed by atoms with van der Waals surface area (Å²) in [6.07, 6.45) is 0.396. The van der Waals surface area contributed by atoms with Crippen LogP contribution in [0.25, 0.3) is 0 Å². The van der Waals surface area contributed by atoms with E-state index in [-0.39, 0.29) is 11.3 Å². The SMILES string of the molecule is CCC(C)(N)C(=O)Nc1ccc(C(=O)O)cc1F. The normalized spacial score (nSPS) is 13.8. The van der Waals surface area contributed by atoms with Crippen LogP contribution in [0.1, 0.15) is 30.6 Å². The maximum atomic E-state index is 13.5. The molecule has 1 aromatic carbocycles. The third-order valence-corrected chi connectivity index (χ3v) is 2.72. The Labute approximate surface area is 104 Å². The monoisotopic (exact) mass is 254 g/mol. The second-order valence-electron chi connectivity index (χ2n) is 4.22. The van der Waals surface area contributed by atoms with Crippen molar-refractivity contribution >= 4 is 17.6 Å². The number of hydrogen-bond donors (Lipinski definition) is 3. The summed E-state index contributed by atoms with van der Waals surface area (Å²) in [7, 11) is 0. The first-order valence-corrected chi connectivity index (χ1v) is 5.41. The summed E-state index contributed by atoms with van der Waals surface area (Å²) in [6.45, 7) is 3.27. The van der Waals surface area contributed by atoms with Crippen LogP contribution in [0.5, 0.6) is 0 Å². The van der Waals surface area contributed by atoms with Gasteiger partial charge in [-0.25, -0.2) is 9.18 Å². The molecule has 1 atom stereocenters. The highest BCUT2D eigenvalue weighted by Gasteiger charge is 2.26. The lowest BCUT2D eigenvalue weighted by atomic mass is 9.99. The van der Waals surface area contributed by atoms with Crippen LogP contribution in [0, 0.1) is 5.82 Å². The first kappa shape index (κ1) is 14.1. The van der Waals surface area contributed by atoms with E-state index < -0.39 is 23.2 Å². The second-order valence-corrected chi connectivity index (χ2v) is 4.22. The van der Waals surface area contributed by atoms with Crippen molar-refractivity contribution in [3.63, 3.8) is 0 Å². The molecule has 0 aliphatic carbocycles. The molecule has 5 nitrogen and oxygen atoms in total. The summed E-state index contributed by atoms with van der Waals surface area (Å²) in [4.78, 5) is 22.3. The number of anilines is 1. The van der Waals surface area contributed by atoms with E-state index in [2.05, 4.69) is 5.32 Å². The second kappa shape index (κ2) is 5.14. The molecule has 1 unspecified atom stereocenters. The van der Waals surface area contributed by atoms with E-state index >= 15 is 0 Å². The molecule has 0 fully saturated rings. The minimum absolute atomic E-state index is 0.0878. The molecule has 0 heterocycles. The van der Waals surface area contributed by atoms with Gasteiger partial charge in [0.15, 0.2) is 0 Å². The van der Waals surface area contributed by atoms with Gasteiger partial charge in [0.25, 0.3) is 0 Å². The van der Waals surface area contributed by atoms with E-state index in [1.54, 1.807) is 6.92 Å². The first-order valence-electron chi connectivity index (χ1n) is 5.41. The fourth-order valence-electron chi connectivity index (χ4n) is 1.18. The van der Waals surface area contributed by atoms with Crippen LogP contribution in [0.15, 0.2) is 18.2 Å². The molecule has 18 heavy (non-hydrogen) atoms. The van der Waals surface area contributed by atoms with Gasteiger partial charge in [0.05, 0.1) is 16.8 Å². The van der Waals surface area contributed by atoms with Crippen LogP contribution in [-0.4, -0.2) is 22.5 Å². The minimum atomic E-state index is -1.23. The van der Waals surface area contributed by atoms with Gasteiger partial charge < -0.3 is 16.2 Å². The van der Waals surface area contributed by atoms with E-state index in [1.807, 2.05) is 0 Å². The van der Waals surface area contributed by atoms with Gasteiger partial charge in [-0.1, -0.05) is 6.92 Å². The molecule has 0 radical (unpaired) electrons. The predicted octanol–water partition coefficient (Wildman–Crippen LogP) is 1.59. The fraction of sp³-hybridized carbons (Fsp3) is 0.333. The Morgan fingerprint density at radius 3 is 2.56 bits per heavy atom. The Hall–Kier alpha value is -1.95. The Bertz CT molecular complexity index is 486. The van der Waals surface area contributed by atoms with E-state index in [4.69, 9.17) is 10.8 Å². The number of nitrogens with one attached hydrogen (secondary N) is 1. The van der Waals surface area contributed by atoms with Gasteiger partial charge in [-0.3, -0.25) is 4.79 Å². The number of nitrogens with two attached hydrogens (primary N) is 1. The van der Waals surface area contributed by atoms with Gasteiger partial charge in [-0.15, -0.1) is 0 Å². The quantitative estimate of drug-likeness (QED) is 0.760. The third kappa shape index (κ3) is 3.04. The standard InChI is InChI=1S/C12H15FN2O3/c1-3-12(2,14)11(18)15-9-5-4-7(10(16)17)6-8(9)13/h4-6H,3,14H2,1-2H3,(H,15,18)(H,16,17). The largest absolute Gasteiger partial charge is 0.478 e. The van der Waals surface area contributed by atoms with E-state index in [0.29, 0.717) is 6.42 Å². The highest BCUT2D eigenvalue weighted by Crippen LogP contribution is 2.18. The number of benzene rings is 1. The molecule has 0 aliphatic rings. The van der Waals surface area contributed by atoms with Gasteiger partial charge in [0, 0.05) is 0 Å². The molecule has 6 heteroatoms. The number of carboxylic acids is 1. The Kier molecular flexibility index (Phi) is 4.03. The van der Waals surface area contributed by atoms with Crippen molar-refractivity contribution in [2.24, 2.45) is 5.73 Å². The molecule has 0 aromatic heterocycles. The molecule has 0 spiro atoms. The summed E-state index contributed by atoms with van der Waals surface area (Å²) in [5.41, 5.74) is 4.34. The van der Waals surface area contributed by atoms with Gasteiger partial charge in [0.2, 0.25) is 5.91 Å². The molecule has 4 N–H and O–H groups in total. The molecule has 0 aliphatic heterocycles. The van der Waals surface area contributed by atoms with Crippen LogP contribution in [0.4, 0.5) is 10.1 Å². The number of amides is 1. The number of carbonyl (C=O) groups excluding carboxylic acids is 1. The van der Waals surface area contributed by atoms with Gasteiger partial charge in [-0.2, -0.15) is 0 Å². The number of aromatic carboxylic acids is 1. The maximum absolute atomic E-state index is 13.5. The highest BCUT2D eigenvalue weighted by molar-refractivity contribution is 5.98. The van der Waals surface area contributed by atoms with Gasteiger partial charge >= 0.3 is 5.97 Å². The van der Waals surface area contributed by atoms with Crippen LogP contribution in [-0.2, 0) is 4.79 Å². The maximum Gasteiger partial charge on any atom is 0.335 e. The van der Waals surface area contributed by atoms with Crippen molar-refractivity contribution in [2.45, 2.75) is 25.8 Å². The average Bonchev–Trinajstić information content (AvgIpc) is 2.31. The molecule has 1 aromatic rings. The Morgan fingerprint density at radius 1 is 1.50 bits per heavy atom. The smallest absolute Gasteiger partial charge is 0.335 e. The number of hydrogen-bond acceptors (Lipinski definition) is 3. The molecular formula is C12H15FN2O3. The molecular weight excluding hydrogens is 239 g/mol. The van der Waals surface area contributed by atoms with E-state index in [9.17, 15) is 14.0 Å².